The maximum Gasteiger partial charge on any atom is 0.326 e. The fourth-order valence-electron chi connectivity index (χ4n) is 3.98. The minimum atomic E-state index is -0.630. The van der Waals surface area contributed by atoms with Crippen LogP contribution >= 0.6 is 0 Å². The molecule has 3 heterocycles. The molecule has 3 aromatic rings. The second kappa shape index (κ2) is 8.43. The molecule has 0 radical (unpaired) electrons. The highest BCUT2D eigenvalue weighted by Crippen LogP contribution is 2.36. The minimum Gasteiger partial charge on any atom is -0.429 e. The lowest BCUT2D eigenvalue weighted by Gasteiger charge is -2.33. The molecular weight excluding hydrogens is 430 g/mol. The third-order valence-corrected chi connectivity index (χ3v) is 5.75. The van der Waals surface area contributed by atoms with E-state index in [9.17, 15) is 4.39 Å². The number of likely N-dealkylation sites (N-methyl/N-ethyl adjacent to an activating group) is 1. The van der Waals surface area contributed by atoms with Gasteiger partial charge in [-0.2, -0.15) is 9.97 Å². The fraction of sp³-hybridized carbons (Fsp3) is 0.348. The van der Waals surface area contributed by atoms with Gasteiger partial charge in [-0.05, 0) is 27.3 Å². The number of allylic oxidation sites excluding steroid dienone is 1. The van der Waals surface area contributed by atoms with Crippen LogP contribution in [0, 0.1) is 18.6 Å². The van der Waals surface area contributed by atoms with Gasteiger partial charge in [-0.1, -0.05) is 11.6 Å². The predicted octanol–water partition coefficient (Wildman–Crippen LogP) is 4.30. The van der Waals surface area contributed by atoms with E-state index in [0.29, 0.717) is 29.4 Å². The molecule has 1 aromatic carbocycles. The zero-order chi connectivity index (χ0) is 23.1. The summed E-state index contributed by atoms with van der Waals surface area (Å²) in [5, 5.41) is 2.99. The Morgan fingerprint density at radius 2 is 1.88 bits per heavy atom. The van der Waals surface area contributed by atoms with Gasteiger partial charge in [-0.3, -0.25) is 5.32 Å². The summed E-state index contributed by atoms with van der Waals surface area (Å²) < 4.78 is 40.9. The molecule has 172 valence electrons. The fourth-order valence-corrected chi connectivity index (χ4v) is 3.98. The van der Waals surface area contributed by atoms with Gasteiger partial charge in [-0.25, -0.2) is 13.8 Å². The molecule has 1 fully saturated rings. The number of hydrogen-bond donors (Lipinski definition) is 1. The van der Waals surface area contributed by atoms with Gasteiger partial charge >= 0.3 is 6.01 Å². The molecule has 0 spiro atoms. The largest absolute Gasteiger partial charge is 0.429 e. The van der Waals surface area contributed by atoms with E-state index in [0.717, 1.165) is 37.8 Å². The maximum atomic E-state index is 15.1. The first kappa shape index (κ1) is 21.3. The summed E-state index contributed by atoms with van der Waals surface area (Å²) in [6.45, 7) is 6.89. The van der Waals surface area contributed by atoms with Crippen LogP contribution in [0.5, 0.6) is 11.8 Å². The van der Waals surface area contributed by atoms with Crippen molar-refractivity contribution in [2.45, 2.75) is 20.3 Å². The highest BCUT2D eigenvalue weighted by Gasteiger charge is 2.24. The van der Waals surface area contributed by atoms with E-state index in [2.05, 4.69) is 37.1 Å². The zero-order valence-electron chi connectivity index (χ0n) is 18.7. The zero-order valence-corrected chi connectivity index (χ0v) is 18.7. The number of halogens is 2. The number of benzene rings is 1. The lowest BCUT2D eigenvalue weighted by molar-refractivity contribution is 0.311. The molecule has 0 amide bonds. The van der Waals surface area contributed by atoms with E-state index in [1.54, 1.807) is 25.3 Å². The monoisotopic (exact) mass is 454 g/mol. The first-order valence-electron chi connectivity index (χ1n) is 10.7. The number of anilines is 3. The van der Waals surface area contributed by atoms with Gasteiger partial charge in [0.05, 0.1) is 6.20 Å². The van der Waals surface area contributed by atoms with E-state index in [4.69, 9.17) is 9.15 Å². The summed E-state index contributed by atoms with van der Waals surface area (Å²) >= 11 is 0. The molecule has 0 saturated carbocycles. The van der Waals surface area contributed by atoms with Crippen LogP contribution in [-0.2, 0) is 6.42 Å². The van der Waals surface area contributed by atoms with Crippen molar-refractivity contribution in [3.05, 3.63) is 52.4 Å². The Kier molecular flexibility index (Phi) is 5.45. The lowest BCUT2D eigenvalue weighted by atomic mass is 10.1. The molecule has 0 unspecified atom stereocenters. The summed E-state index contributed by atoms with van der Waals surface area (Å²) in [6.07, 6.45) is 3.61. The van der Waals surface area contributed by atoms with Crippen LogP contribution in [0.2, 0.25) is 0 Å². The first-order valence-corrected chi connectivity index (χ1v) is 10.7. The summed E-state index contributed by atoms with van der Waals surface area (Å²) in [5.74, 6) is 0.213. The Bertz CT molecular complexity index is 1230. The molecule has 0 atom stereocenters. The molecule has 2 aromatic heterocycles. The van der Waals surface area contributed by atoms with E-state index in [-0.39, 0.29) is 23.3 Å². The van der Waals surface area contributed by atoms with Gasteiger partial charge in [0.2, 0.25) is 0 Å². The van der Waals surface area contributed by atoms with Crippen molar-refractivity contribution in [2.24, 2.45) is 0 Å². The van der Waals surface area contributed by atoms with Gasteiger partial charge < -0.3 is 19.0 Å². The van der Waals surface area contributed by atoms with Crippen LogP contribution in [0.3, 0.4) is 0 Å². The van der Waals surface area contributed by atoms with Crippen LogP contribution in [-0.4, -0.2) is 53.1 Å². The summed E-state index contributed by atoms with van der Waals surface area (Å²) in [5.41, 5.74) is 1.44. The first-order chi connectivity index (χ1) is 15.9. The lowest BCUT2D eigenvalue weighted by Crippen LogP contribution is -2.44. The number of fused-ring (bicyclic) bond motifs is 1. The summed E-state index contributed by atoms with van der Waals surface area (Å²) in [7, 11) is 2.06. The summed E-state index contributed by atoms with van der Waals surface area (Å²) in [4.78, 5) is 17.3. The molecule has 33 heavy (non-hydrogen) atoms. The molecule has 1 aliphatic heterocycles. The predicted molar refractivity (Wildman–Crippen MR) is 120 cm³/mol. The molecule has 5 rings (SSSR count). The SMILES string of the molecule is CC1=Cc2c(F)c(Oc3nc(Nc4ncc(C)o4)cc(N4CCN(C)CC4)n3)cc(F)c2C1. The van der Waals surface area contributed by atoms with Crippen molar-refractivity contribution < 1.29 is 17.9 Å². The Labute approximate surface area is 189 Å². The summed E-state index contributed by atoms with van der Waals surface area (Å²) in [6, 6.07) is 2.96. The number of oxazole rings is 1. The molecule has 0 bridgehead atoms. The van der Waals surface area contributed by atoms with Gasteiger partial charge in [0.25, 0.3) is 6.01 Å². The minimum absolute atomic E-state index is 0.103. The average molecular weight is 454 g/mol. The number of aromatic nitrogens is 3. The molecule has 1 saturated heterocycles. The smallest absolute Gasteiger partial charge is 0.326 e. The Morgan fingerprint density at radius 1 is 1.09 bits per heavy atom. The standard InChI is InChI=1S/C23H24F2N6O2/c1-13-8-15-16(9-13)21(25)18(10-17(15)24)33-23-28-19(27-22-26-12-14(2)32-22)11-20(29-23)31-6-4-30(3)5-7-31/h9-12H,4-8H2,1-3H3,(H,26,27,28,29). The topological polar surface area (TPSA) is 79.5 Å². The highest BCUT2D eigenvalue weighted by atomic mass is 19.1. The van der Waals surface area contributed by atoms with Gasteiger partial charge in [0, 0.05) is 49.4 Å². The van der Waals surface area contributed by atoms with Crippen molar-refractivity contribution in [1.29, 1.82) is 0 Å². The van der Waals surface area contributed by atoms with Crippen LogP contribution in [0.25, 0.3) is 6.08 Å². The Balaban J connectivity index is 1.50. The Hall–Kier alpha value is -3.53. The molecule has 2 aliphatic rings. The Morgan fingerprint density at radius 3 is 2.61 bits per heavy atom. The van der Waals surface area contributed by atoms with Crippen molar-refractivity contribution in [1.82, 2.24) is 19.9 Å². The molecule has 1 N–H and O–H groups in total. The number of rotatable bonds is 5. The van der Waals surface area contributed by atoms with Crippen LogP contribution in [0.15, 0.2) is 28.3 Å². The van der Waals surface area contributed by atoms with Crippen LogP contribution in [0.4, 0.5) is 26.4 Å². The number of nitrogens with one attached hydrogen (secondary N) is 1. The van der Waals surface area contributed by atoms with Crippen molar-refractivity contribution in [3.63, 3.8) is 0 Å². The van der Waals surface area contributed by atoms with Crippen molar-refractivity contribution in [3.8, 4) is 11.8 Å². The quantitative estimate of drug-likeness (QED) is 0.612. The third-order valence-electron chi connectivity index (χ3n) is 5.75. The van der Waals surface area contributed by atoms with Gasteiger partial charge in [-0.15, -0.1) is 0 Å². The van der Waals surface area contributed by atoms with Crippen LogP contribution < -0.4 is 15.0 Å². The van der Waals surface area contributed by atoms with E-state index in [1.807, 2.05) is 6.92 Å². The number of ether oxygens (including phenoxy) is 1. The third kappa shape index (κ3) is 4.38. The normalized spacial score (nSPS) is 16.0. The highest BCUT2D eigenvalue weighted by molar-refractivity contribution is 5.66. The number of hydrogen-bond acceptors (Lipinski definition) is 8. The van der Waals surface area contributed by atoms with Gasteiger partial charge in [0.15, 0.2) is 11.6 Å². The number of aryl methyl sites for hydroxylation is 1. The number of nitrogens with zero attached hydrogens (tertiary/aromatic N) is 5. The van der Waals surface area contributed by atoms with Gasteiger partial charge in [0.1, 0.15) is 23.2 Å². The second-order valence-electron chi connectivity index (χ2n) is 8.42. The molecule has 8 nitrogen and oxygen atoms in total. The van der Waals surface area contributed by atoms with Crippen LogP contribution in [0.1, 0.15) is 23.8 Å². The maximum absolute atomic E-state index is 15.1. The molecular formula is C23H24F2N6O2. The average Bonchev–Trinajstić information content (AvgIpc) is 3.37. The van der Waals surface area contributed by atoms with E-state index < -0.39 is 11.6 Å². The van der Waals surface area contributed by atoms with E-state index >= 15 is 4.39 Å². The van der Waals surface area contributed by atoms with E-state index in [1.165, 1.54) is 0 Å². The van der Waals surface area contributed by atoms with Crippen molar-refractivity contribution >= 4 is 23.7 Å². The number of piperazine rings is 1. The second-order valence-corrected chi connectivity index (χ2v) is 8.42. The molecule has 10 heteroatoms. The van der Waals surface area contributed by atoms with Crippen molar-refractivity contribution in [2.75, 3.05) is 43.4 Å². The molecule has 1 aliphatic carbocycles.